The molecule has 0 saturated carbocycles. The molecule has 1 N–H and O–H groups in total. The van der Waals surface area contributed by atoms with Crippen LogP contribution in [0.15, 0.2) is 34.8 Å². The maximum absolute atomic E-state index is 12.4. The van der Waals surface area contributed by atoms with Gasteiger partial charge in [-0.1, -0.05) is 22.0 Å². The molecule has 2 aromatic carbocycles. The van der Waals surface area contributed by atoms with E-state index in [0.29, 0.717) is 49.2 Å². The lowest BCUT2D eigenvalue weighted by molar-refractivity contribution is -0.120. The fourth-order valence-corrected chi connectivity index (χ4v) is 3.33. The zero-order valence-electron chi connectivity index (χ0n) is 17.3. The number of halogens is 1. The standard InChI is InChI=1S/C22H28BrNO5/c1-5-28-20-12-16(17(23)14-21(20)29-6-2)13-22(25)24-10-9-15-7-8-18(26-3)19(11-15)27-4/h7-8,11-12,14H,5-6,9-10,13H2,1-4H3,(H,24,25). The van der Waals surface area contributed by atoms with Crippen LogP contribution in [0.5, 0.6) is 23.0 Å². The Bertz CT molecular complexity index is 825. The molecule has 0 unspecified atom stereocenters. The summed E-state index contributed by atoms with van der Waals surface area (Å²) in [4.78, 5) is 12.4. The van der Waals surface area contributed by atoms with Crippen LogP contribution in [0.25, 0.3) is 0 Å². The highest BCUT2D eigenvalue weighted by atomic mass is 79.9. The summed E-state index contributed by atoms with van der Waals surface area (Å²) in [7, 11) is 3.21. The first-order chi connectivity index (χ1) is 14.0. The first-order valence-corrected chi connectivity index (χ1v) is 10.4. The van der Waals surface area contributed by atoms with Gasteiger partial charge in [0.05, 0.1) is 33.9 Å². The number of carbonyl (C=O) groups excluding carboxylic acids is 1. The fourth-order valence-electron chi connectivity index (χ4n) is 2.87. The van der Waals surface area contributed by atoms with Crippen LogP contribution in [0.4, 0.5) is 0 Å². The molecular weight excluding hydrogens is 438 g/mol. The summed E-state index contributed by atoms with van der Waals surface area (Å²) in [5.41, 5.74) is 1.91. The van der Waals surface area contributed by atoms with Crippen molar-refractivity contribution in [2.75, 3.05) is 34.0 Å². The smallest absolute Gasteiger partial charge is 0.224 e. The highest BCUT2D eigenvalue weighted by molar-refractivity contribution is 9.10. The first kappa shape index (κ1) is 22.9. The molecule has 158 valence electrons. The number of hydrogen-bond donors (Lipinski definition) is 1. The van der Waals surface area contributed by atoms with E-state index in [4.69, 9.17) is 18.9 Å². The van der Waals surface area contributed by atoms with Gasteiger partial charge in [0.15, 0.2) is 23.0 Å². The molecular formula is C22H28BrNO5. The SMILES string of the molecule is CCOc1cc(Br)c(CC(=O)NCCc2ccc(OC)c(OC)c2)cc1OCC. The number of rotatable bonds is 11. The number of carbonyl (C=O) groups is 1. The highest BCUT2D eigenvalue weighted by Crippen LogP contribution is 2.34. The average molecular weight is 466 g/mol. The van der Waals surface area contributed by atoms with Crippen molar-refractivity contribution < 1.29 is 23.7 Å². The number of amides is 1. The summed E-state index contributed by atoms with van der Waals surface area (Å²) in [5, 5.41) is 2.96. The Balaban J connectivity index is 1.96. The molecule has 0 bridgehead atoms. The Labute approximate surface area is 180 Å². The molecule has 0 atom stereocenters. The molecule has 6 nitrogen and oxygen atoms in total. The Morgan fingerprint density at radius 2 is 1.59 bits per heavy atom. The highest BCUT2D eigenvalue weighted by Gasteiger charge is 2.13. The molecule has 0 aliphatic rings. The van der Waals surface area contributed by atoms with Crippen LogP contribution in [0, 0.1) is 0 Å². The van der Waals surface area contributed by atoms with Gasteiger partial charge in [0.25, 0.3) is 0 Å². The minimum Gasteiger partial charge on any atom is -0.493 e. The van der Waals surface area contributed by atoms with Crippen molar-refractivity contribution in [2.24, 2.45) is 0 Å². The second-order valence-corrected chi connectivity index (χ2v) is 7.08. The molecule has 0 radical (unpaired) electrons. The molecule has 7 heteroatoms. The van der Waals surface area contributed by atoms with Crippen LogP contribution in [0.3, 0.4) is 0 Å². The first-order valence-electron chi connectivity index (χ1n) is 9.57. The molecule has 0 spiro atoms. The zero-order valence-corrected chi connectivity index (χ0v) is 18.9. The van der Waals surface area contributed by atoms with Gasteiger partial charge in [-0.15, -0.1) is 0 Å². The third-order valence-corrected chi connectivity index (χ3v) is 4.99. The monoisotopic (exact) mass is 465 g/mol. The number of hydrogen-bond acceptors (Lipinski definition) is 5. The topological polar surface area (TPSA) is 66.0 Å². The fraction of sp³-hybridized carbons (Fsp3) is 0.409. The molecule has 29 heavy (non-hydrogen) atoms. The second kappa shape index (κ2) is 11.6. The number of ether oxygens (including phenoxy) is 4. The maximum Gasteiger partial charge on any atom is 0.224 e. The zero-order chi connectivity index (χ0) is 21.2. The number of nitrogens with one attached hydrogen (secondary N) is 1. The van der Waals surface area contributed by atoms with Gasteiger partial charge in [-0.05, 0) is 55.7 Å². The molecule has 2 aromatic rings. The molecule has 0 aromatic heterocycles. The van der Waals surface area contributed by atoms with E-state index in [1.165, 1.54) is 0 Å². The Hall–Kier alpha value is -2.41. The summed E-state index contributed by atoms with van der Waals surface area (Å²) in [6, 6.07) is 9.45. The third-order valence-electron chi connectivity index (χ3n) is 4.25. The van der Waals surface area contributed by atoms with Gasteiger partial charge in [0, 0.05) is 11.0 Å². The van der Waals surface area contributed by atoms with Gasteiger partial charge in [-0.25, -0.2) is 0 Å². The second-order valence-electron chi connectivity index (χ2n) is 6.22. The van der Waals surface area contributed by atoms with Crippen molar-refractivity contribution >= 4 is 21.8 Å². The van der Waals surface area contributed by atoms with Gasteiger partial charge >= 0.3 is 0 Å². The van der Waals surface area contributed by atoms with Crippen molar-refractivity contribution in [1.82, 2.24) is 5.32 Å². The van der Waals surface area contributed by atoms with Gasteiger partial charge in [0.2, 0.25) is 5.91 Å². The summed E-state index contributed by atoms with van der Waals surface area (Å²) < 4.78 is 22.6. The Morgan fingerprint density at radius 3 is 2.21 bits per heavy atom. The van der Waals surface area contributed by atoms with Crippen molar-refractivity contribution in [1.29, 1.82) is 0 Å². The number of methoxy groups -OCH3 is 2. The summed E-state index contributed by atoms with van der Waals surface area (Å²) in [6.07, 6.45) is 0.944. The maximum atomic E-state index is 12.4. The van der Waals surface area contributed by atoms with E-state index in [9.17, 15) is 4.79 Å². The molecule has 2 rings (SSSR count). The van der Waals surface area contributed by atoms with E-state index in [1.807, 2.05) is 44.2 Å². The van der Waals surface area contributed by atoms with Crippen molar-refractivity contribution in [2.45, 2.75) is 26.7 Å². The Morgan fingerprint density at radius 1 is 0.931 bits per heavy atom. The van der Waals surface area contributed by atoms with Crippen LogP contribution >= 0.6 is 15.9 Å². The normalized spacial score (nSPS) is 10.4. The minimum absolute atomic E-state index is 0.0576. The molecule has 1 amide bonds. The van der Waals surface area contributed by atoms with Crippen molar-refractivity contribution in [3.63, 3.8) is 0 Å². The summed E-state index contributed by atoms with van der Waals surface area (Å²) in [5.74, 6) is 2.62. The number of benzene rings is 2. The average Bonchev–Trinajstić information content (AvgIpc) is 2.71. The lowest BCUT2D eigenvalue weighted by atomic mass is 10.1. The predicted molar refractivity (Wildman–Crippen MR) is 116 cm³/mol. The molecule has 0 heterocycles. The van der Waals surface area contributed by atoms with Crippen LogP contribution in [-0.4, -0.2) is 39.9 Å². The van der Waals surface area contributed by atoms with Crippen molar-refractivity contribution in [3.8, 4) is 23.0 Å². The van der Waals surface area contributed by atoms with Crippen LogP contribution in [-0.2, 0) is 17.6 Å². The molecule has 0 aliphatic heterocycles. The summed E-state index contributed by atoms with van der Waals surface area (Å²) >= 11 is 3.52. The van der Waals surface area contributed by atoms with E-state index in [2.05, 4.69) is 21.2 Å². The predicted octanol–water partition coefficient (Wildman–Crippen LogP) is 4.17. The van der Waals surface area contributed by atoms with Crippen LogP contribution in [0.1, 0.15) is 25.0 Å². The van der Waals surface area contributed by atoms with Gasteiger partial charge in [-0.2, -0.15) is 0 Å². The van der Waals surface area contributed by atoms with Gasteiger partial charge < -0.3 is 24.3 Å². The van der Waals surface area contributed by atoms with Gasteiger partial charge in [-0.3, -0.25) is 4.79 Å². The van der Waals surface area contributed by atoms with Gasteiger partial charge in [0.1, 0.15) is 0 Å². The van der Waals surface area contributed by atoms with E-state index in [1.54, 1.807) is 14.2 Å². The van der Waals surface area contributed by atoms with Crippen LogP contribution in [0.2, 0.25) is 0 Å². The molecule has 0 aliphatic carbocycles. The van der Waals surface area contributed by atoms with Crippen molar-refractivity contribution in [3.05, 3.63) is 45.9 Å². The quantitative estimate of drug-likeness (QED) is 0.539. The molecule has 0 fully saturated rings. The lowest BCUT2D eigenvalue weighted by Gasteiger charge is -2.14. The van der Waals surface area contributed by atoms with Crippen LogP contribution < -0.4 is 24.3 Å². The Kier molecular flexibility index (Phi) is 9.12. The van der Waals surface area contributed by atoms with E-state index >= 15 is 0 Å². The molecule has 0 saturated heterocycles. The largest absolute Gasteiger partial charge is 0.493 e. The van der Waals surface area contributed by atoms with E-state index < -0.39 is 0 Å². The van der Waals surface area contributed by atoms with E-state index in [0.717, 1.165) is 15.6 Å². The van der Waals surface area contributed by atoms with E-state index in [-0.39, 0.29) is 12.3 Å². The third kappa shape index (κ3) is 6.56. The minimum atomic E-state index is -0.0576. The summed E-state index contributed by atoms with van der Waals surface area (Å²) in [6.45, 7) is 5.43. The lowest BCUT2D eigenvalue weighted by Crippen LogP contribution is -2.27.